The summed E-state index contributed by atoms with van der Waals surface area (Å²) in [6.07, 6.45) is 8.05. The van der Waals surface area contributed by atoms with Crippen LogP contribution < -0.4 is 5.32 Å². The molecule has 4 fully saturated rings. The lowest BCUT2D eigenvalue weighted by atomic mass is 9.44. The molecule has 3 heteroatoms. The van der Waals surface area contributed by atoms with Gasteiger partial charge in [-0.2, -0.15) is 0 Å². The summed E-state index contributed by atoms with van der Waals surface area (Å²) in [5.74, 6) is 4.17. The molecule has 3 unspecified atom stereocenters. The molecule has 1 aromatic carbocycles. The molecule has 5 rings (SSSR count). The van der Waals surface area contributed by atoms with Gasteiger partial charge in [0, 0.05) is 12.5 Å². The lowest BCUT2D eigenvalue weighted by molar-refractivity contribution is -0.142. The standard InChI is InChI=1S/C26H37NO2/c1-15-5-6-17(28)14-18(15)19-7-8-20-24-16(2)13-22-26(4,12-10-23(29)27-22)21(24)9-11-25(19,20)3/h5-6,14,16,19-22,24,28H,7-13H2,1-4H3,(H,27,29)/t16?,19?,20-,21+,22?,24-,25+,26+/m0/s1. The van der Waals surface area contributed by atoms with Gasteiger partial charge < -0.3 is 10.4 Å². The number of benzene rings is 1. The molecule has 8 atom stereocenters. The molecule has 0 radical (unpaired) electrons. The molecule has 3 saturated carbocycles. The number of carbonyl (C=O) groups excluding carboxylic acids is 1. The summed E-state index contributed by atoms with van der Waals surface area (Å²) in [4.78, 5) is 12.1. The summed E-state index contributed by atoms with van der Waals surface area (Å²) in [7, 11) is 0. The van der Waals surface area contributed by atoms with Crippen molar-refractivity contribution in [2.24, 2.45) is 34.5 Å². The number of fused-ring (bicyclic) bond motifs is 5. The van der Waals surface area contributed by atoms with Crippen LogP contribution in [0.25, 0.3) is 0 Å². The van der Waals surface area contributed by atoms with Gasteiger partial charge in [0.1, 0.15) is 5.75 Å². The normalized spacial score (nSPS) is 46.4. The Morgan fingerprint density at radius 3 is 2.62 bits per heavy atom. The van der Waals surface area contributed by atoms with E-state index in [0.29, 0.717) is 35.5 Å². The molecule has 1 aliphatic heterocycles. The van der Waals surface area contributed by atoms with Crippen LogP contribution >= 0.6 is 0 Å². The number of aryl methyl sites for hydroxylation is 1. The Kier molecular flexibility index (Phi) is 4.35. The second-order valence-electron chi connectivity index (χ2n) is 11.3. The van der Waals surface area contributed by atoms with Gasteiger partial charge in [0.15, 0.2) is 0 Å². The number of aromatic hydroxyl groups is 1. The van der Waals surface area contributed by atoms with Gasteiger partial charge in [-0.1, -0.05) is 26.8 Å². The number of hydrogen-bond donors (Lipinski definition) is 2. The van der Waals surface area contributed by atoms with Gasteiger partial charge in [-0.3, -0.25) is 4.79 Å². The minimum Gasteiger partial charge on any atom is -0.508 e. The van der Waals surface area contributed by atoms with E-state index in [4.69, 9.17) is 0 Å². The highest BCUT2D eigenvalue weighted by Crippen LogP contribution is 2.68. The Labute approximate surface area is 175 Å². The molecule has 158 valence electrons. The van der Waals surface area contributed by atoms with Crippen molar-refractivity contribution in [2.75, 3.05) is 0 Å². The van der Waals surface area contributed by atoms with Gasteiger partial charge in [0.2, 0.25) is 5.91 Å². The molecule has 0 aromatic heterocycles. The minimum absolute atomic E-state index is 0.263. The Morgan fingerprint density at radius 2 is 1.83 bits per heavy atom. The van der Waals surface area contributed by atoms with Crippen molar-refractivity contribution < 1.29 is 9.90 Å². The maximum atomic E-state index is 12.1. The number of carbonyl (C=O) groups is 1. The Hall–Kier alpha value is -1.51. The van der Waals surface area contributed by atoms with Crippen molar-refractivity contribution in [1.29, 1.82) is 0 Å². The van der Waals surface area contributed by atoms with Gasteiger partial charge in [0.25, 0.3) is 0 Å². The SMILES string of the molecule is Cc1ccc(O)cc1C1CC[C@H]2[C@@H]3C(C)CC4NC(=O)CC[C@]4(C)[C@@H]3CC[C@]12C. The van der Waals surface area contributed by atoms with Crippen LogP contribution in [0.15, 0.2) is 18.2 Å². The topological polar surface area (TPSA) is 49.3 Å². The number of hydrogen-bond acceptors (Lipinski definition) is 2. The fourth-order valence-electron chi connectivity index (χ4n) is 8.56. The maximum Gasteiger partial charge on any atom is 0.220 e. The smallest absolute Gasteiger partial charge is 0.220 e. The fourth-order valence-corrected chi connectivity index (χ4v) is 8.56. The molecule has 0 bridgehead atoms. The first kappa shape index (κ1) is 19.5. The van der Waals surface area contributed by atoms with Crippen molar-refractivity contribution in [3.63, 3.8) is 0 Å². The molecule has 1 heterocycles. The summed E-state index contributed by atoms with van der Waals surface area (Å²) < 4.78 is 0. The number of phenolic OH excluding ortho intramolecular Hbond substituents is 1. The largest absolute Gasteiger partial charge is 0.508 e. The second-order valence-corrected chi connectivity index (χ2v) is 11.3. The molecule has 0 spiro atoms. The summed E-state index contributed by atoms with van der Waals surface area (Å²) in [6, 6.07) is 6.33. The molecule has 2 N–H and O–H groups in total. The predicted molar refractivity (Wildman–Crippen MR) is 116 cm³/mol. The third-order valence-corrected chi connectivity index (χ3v) is 10.1. The van der Waals surface area contributed by atoms with Crippen molar-refractivity contribution in [2.45, 2.75) is 84.6 Å². The third kappa shape index (κ3) is 2.72. The molecule has 3 aliphatic carbocycles. The summed E-state index contributed by atoms with van der Waals surface area (Å²) >= 11 is 0. The zero-order chi connectivity index (χ0) is 20.6. The minimum atomic E-state index is 0.263. The van der Waals surface area contributed by atoms with E-state index in [1.807, 2.05) is 12.1 Å². The van der Waals surface area contributed by atoms with Crippen molar-refractivity contribution in [3.05, 3.63) is 29.3 Å². The van der Waals surface area contributed by atoms with E-state index >= 15 is 0 Å². The average molecular weight is 396 g/mol. The van der Waals surface area contributed by atoms with Crippen LogP contribution in [-0.4, -0.2) is 17.1 Å². The van der Waals surface area contributed by atoms with E-state index in [1.54, 1.807) is 0 Å². The van der Waals surface area contributed by atoms with Crippen molar-refractivity contribution in [1.82, 2.24) is 5.32 Å². The van der Waals surface area contributed by atoms with E-state index < -0.39 is 0 Å². The second kappa shape index (κ2) is 6.49. The number of phenols is 1. The van der Waals surface area contributed by atoms with Gasteiger partial charge in [-0.05, 0) is 109 Å². The van der Waals surface area contributed by atoms with Crippen LogP contribution in [0.3, 0.4) is 0 Å². The third-order valence-electron chi connectivity index (χ3n) is 10.1. The van der Waals surface area contributed by atoms with Crippen LogP contribution in [-0.2, 0) is 4.79 Å². The van der Waals surface area contributed by atoms with Gasteiger partial charge in [0.05, 0.1) is 0 Å². The fraction of sp³-hybridized carbons (Fsp3) is 0.731. The number of piperidine rings is 1. The van der Waals surface area contributed by atoms with Gasteiger partial charge >= 0.3 is 0 Å². The van der Waals surface area contributed by atoms with E-state index in [9.17, 15) is 9.90 Å². The van der Waals surface area contributed by atoms with E-state index in [0.717, 1.165) is 30.6 Å². The highest BCUT2D eigenvalue weighted by atomic mass is 16.3. The molecule has 29 heavy (non-hydrogen) atoms. The molecule has 1 saturated heterocycles. The molecular formula is C26H37NO2. The summed E-state index contributed by atoms with van der Waals surface area (Å²) in [6.45, 7) is 9.70. The van der Waals surface area contributed by atoms with Crippen molar-refractivity contribution in [3.8, 4) is 5.75 Å². The lowest BCUT2D eigenvalue weighted by Crippen LogP contribution is -2.62. The summed E-state index contributed by atoms with van der Waals surface area (Å²) in [5, 5.41) is 13.5. The highest BCUT2D eigenvalue weighted by molar-refractivity contribution is 5.77. The van der Waals surface area contributed by atoms with Crippen LogP contribution in [0.5, 0.6) is 5.75 Å². The molecule has 3 nitrogen and oxygen atoms in total. The first-order chi connectivity index (χ1) is 13.7. The average Bonchev–Trinajstić information content (AvgIpc) is 3.02. The zero-order valence-corrected chi connectivity index (χ0v) is 18.5. The van der Waals surface area contributed by atoms with E-state index in [-0.39, 0.29) is 11.3 Å². The Bertz CT molecular complexity index is 834. The van der Waals surface area contributed by atoms with Crippen LogP contribution in [0, 0.1) is 41.4 Å². The van der Waals surface area contributed by atoms with Crippen LogP contribution in [0.1, 0.15) is 82.8 Å². The first-order valence-corrected chi connectivity index (χ1v) is 11.8. The first-order valence-electron chi connectivity index (χ1n) is 11.8. The van der Waals surface area contributed by atoms with Crippen LogP contribution in [0.2, 0.25) is 0 Å². The number of amides is 1. The molecule has 4 aliphatic rings. The monoisotopic (exact) mass is 395 g/mol. The number of rotatable bonds is 1. The van der Waals surface area contributed by atoms with Gasteiger partial charge in [-0.15, -0.1) is 0 Å². The van der Waals surface area contributed by atoms with Crippen molar-refractivity contribution >= 4 is 5.91 Å². The molecule has 1 amide bonds. The molecule has 1 aromatic rings. The Balaban J connectivity index is 1.49. The molecular weight excluding hydrogens is 358 g/mol. The lowest BCUT2D eigenvalue weighted by Gasteiger charge is -2.62. The Morgan fingerprint density at radius 1 is 1.07 bits per heavy atom. The quantitative estimate of drug-likeness (QED) is 0.655. The van der Waals surface area contributed by atoms with Crippen LogP contribution in [0.4, 0.5) is 0 Å². The predicted octanol–water partition coefficient (Wildman–Crippen LogP) is 5.55. The van der Waals surface area contributed by atoms with Gasteiger partial charge in [-0.25, -0.2) is 0 Å². The zero-order valence-electron chi connectivity index (χ0n) is 18.5. The highest BCUT2D eigenvalue weighted by Gasteiger charge is 2.62. The maximum absolute atomic E-state index is 12.1. The summed E-state index contributed by atoms with van der Waals surface area (Å²) in [5.41, 5.74) is 3.31. The van der Waals surface area contributed by atoms with E-state index in [1.165, 1.54) is 36.8 Å². The van der Waals surface area contributed by atoms with E-state index in [2.05, 4.69) is 39.1 Å². The number of nitrogens with one attached hydrogen (secondary N) is 1.